The second kappa shape index (κ2) is 9.37. The van der Waals surface area contributed by atoms with Gasteiger partial charge in [0.25, 0.3) is 0 Å². The topological polar surface area (TPSA) is 61.3 Å². The second-order valence-corrected chi connectivity index (χ2v) is 15.1. The molecule has 3 heteroatoms. The van der Waals surface area contributed by atoms with Crippen LogP contribution in [0.5, 0.6) is 5.75 Å². The summed E-state index contributed by atoms with van der Waals surface area (Å²) in [6, 6.07) is 5.72. The summed E-state index contributed by atoms with van der Waals surface area (Å²) in [5, 5.41) is 0. The van der Waals surface area contributed by atoms with Gasteiger partial charge in [0.2, 0.25) is 0 Å². The van der Waals surface area contributed by atoms with Gasteiger partial charge in [0.15, 0.2) is 0 Å². The number of ether oxygens (including phenoxy) is 1. The molecule has 0 radical (unpaired) electrons. The highest BCUT2D eigenvalue weighted by atomic mass is 16.5. The maximum absolute atomic E-state index is 6.52. The standard InChI is InChI=1S/C34H54N2O/c1-20(2)7-6-8-21(3)28-12-13-29-26-11-9-23-17-25(37-31-14-10-24(35)18-30(31)36)15-16-34(23)22(4)27(32(26)34)19-33(28,29)5/h10,14,18,20-23,25-29,32H,6-9,11-13,15-17,19,35-36H2,1-5H3/t21?,22?,23?,25?,26?,27?,28?,29?,32-,33?,34?/m0/s1. The summed E-state index contributed by atoms with van der Waals surface area (Å²) in [6.45, 7) is 12.8. The van der Waals surface area contributed by atoms with Gasteiger partial charge in [0.1, 0.15) is 5.75 Å². The van der Waals surface area contributed by atoms with Gasteiger partial charge >= 0.3 is 0 Å². The van der Waals surface area contributed by atoms with Crippen molar-refractivity contribution in [2.45, 2.75) is 111 Å². The third kappa shape index (κ3) is 3.95. The van der Waals surface area contributed by atoms with E-state index in [0.717, 1.165) is 59.0 Å². The van der Waals surface area contributed by atoms with Crippen molar-refractivity contribution < 1.29 is 4.74 Å². The van der Waals surface area contributed by atoms with Crippen LogP contribution in [0.2, 0.25) is 0 Å². The van der Waals surface area contributed by atoms with Gasteiger partial charge in [0.05, 0.1) is 11.8 Å². The normalized spacial score (nSPS) is 44.9. The van der Waals surface area contributed by atoms with Crippen LogP contribution < -0.4 is 16.2 Å². The molecule has 1 aromatic carbocycles. The van der Waals surface area contributed by atoms with Crippen LogP contribution >= 0.6 is 0 Å². The molecule has 5 fully saturated rings. The van der Waals surface area contributed by atoms with Crippen LogP contribution in [0.3, 0.4) is 0 Å². The van der Waals surface area contributed by atoms with Crippen molar-refractivity contribution in [3.63, 3.8) is 0 Å². The summed E-state index contributed by atoms with van der Waals surface area (Å²) in [5.41, 5.74) is 14.7. The van der Waals surface area contributed by atoms with Gasteiger partial charge in [-0.25, -0.2) is 0 Å². The molecule has 1 spiro atoms. The Morgan fingerprint density at radius 1 is 1.00 bits per heavy atom. The Kier molecular flexibility index (Phi) is 6.55. The summed E-state index contributed by atoms with van der Waals surface area (Å²) in [5.74, 6) is 9.22. The molecular formula is C34H54N2O. The summed E-state index contributed by atoms with van der Waals surface area (Å²) in [4.78, 5) is 0. The van der Waals surface area contributed by atoms with Crippen molar-refractivity contribution >= 4 is 11.4 Å². The molecule has 4 N–H and O–H groups in total. The van der Waals surface area contributed by atoms with E-state index in [4.69, 9.17) is 16.2 Å². The first-order valence-electron chi connectivity index (χ1n) is 16.0. The zero-order chi connectivity index (χ0) is 26.1. The Balaban J connectivity index is 1.16. The number of hydrogen-bond donors (Lipinski definition) is 2. The Morgan fingerprint density at radius 3 is 2.57 bits per heavy atom. The third-order valence-corrected chi connectivity index (χ3v) is 13.2. The van der Waals surface area contributed by atoms with E-state index in [-0.39, 0.29) is 0 Å². The van der Waals surface area contributed by atoms with E-state index in [1.807, 2.05) is 18.2 Å². The first-order valence-corrected chi connectivity index (χ1v) is 16.0. The lowest BCUT2D eigenvalue weighted by molar-refractivity contribution is -0.276. The van der Waals surface area contributed by atoms with Crippen molar-refractivity contribution in [1.82, 2.24) is 0 Å². The SMILES string of the molecule is CC(C)CCCC(C)C1CCC2C3CCC4CC(Oc5ccc(N)cc5N)CCC45C(C)C(CC12C)[C@H]35. The third-order valence-electron chi connectivity index (χ3n) is 13.2. The van der Waals surface area contributed by atoms with Gasteiger partial charge in [-0.3, -0.25) is 0 Å². The van der Waals surface area contributed by atoms with Crippen molar-refractivity contribution in [3.05, 3.63) is 18.2 Å². The average Bonchev–Trinajstić information content (AvgIpc) is 3.21. The molecule has 5 aliphatic rings. The highest BCUT2D eigenvalue weighted by Crippen LogP contribution is 2.79. The van der Waals surface area contributed by atoms with Gasteiger partial charge in [0, 0.05) is 5.69 Å². The molecule has 0 bridgehead atoms. The average molecular weight is 507 g/mol. The molecule has 37 heavy (non-hydrogen) atoms. The van der Waals surface area contributed by atoms with Gasteiger partial charge in [-0.05, 0) is 134 Å². The zero-order valence-corrected chi connectivity index (χ0v) is 24.3. The molecule has 11 atom stereocenters. The molecule has 0 saturated heterocycles. The molecule has 6 rings (SSSR count). The van der Waals surface area contributed by atoms with Gasteiger partial charge in [-0.2, -0.15) is 0 Å². The monoisotopic (exact) mass is 506 g/mol. The van der Waals surface area contributed by atoms with Crippen LogP contribution in [0, 0.1) is 64.1 Å². The van der Waals surface area contributed by atoms with Crippen LogP contribution in [0.15, 0.2) is 18.2 Å². The van der Waals surface area contributed by atoms with E-state index in [2.05, 4.69) is 34.6 Å². The Bertz CT molecular complexity index is 990. The van der Waals surface area contributed by atoms with Crippen molar-refractivity contribution in [3.8, 4) is 5.75 Å². The minimum absolute atomic E-state index is 0.306. The maximum atomic E-state index is 6.52. The number of hydrogen-bond acceptors (Lipinski definition) is 3. The highest BCUT2D eigenvalue weighted by molar-refractivity contribution is 5.60. The van der Waals surface area contributed by atoms with Crippen LogP contribution in [-0.2, 0) is 0 Å². The largest absolute Gasteiger partial charge is 0.488 e. The van der Waals surface area contributed by atoms with Crippen LogP contribution in [-0.4, -0.2) is 6.10 Å². The van der Waals surface area contributed by atoms with E-state index in [9.17, 15) is 0 Å². The lowest BCUT2D eigenvalue weighted by Crippen LogP contribution is -2.70. The van der Waals surface area contributed by atoms with E-state index in [0.29, 0.717) is 28.3 Å². The number of rotatable bonds is 7. The lowest BCUT2D eigenvalue weighted by Gasteiger charge is -2.75. The first-order chi connectivity index (χ1) is 17.6. The molecule has 0 amide bonds. The van der Waals surface area contributed by atoms with E-state index >= 15 is 0 Å². The van der Waals surface area contributed by atoms with E-state index in [1.54, 1.807) is 0 Å². The quantitative estimate of drug-likeness (QED) is 0.364. The highest BCUT2D eigenvalue weighted by Gasteiger charge is 2.72. The molecule has 5 saturated carbocycles. The van der Waals surface area contributed by atoms with E-state index in [1.165, 1.54) is 70.6 Å². The van der Waals surface area contributed by atoms with Gasteiger partial charge < -0.3 is 16.2 Å². The van der Waals surface area contributed by atoms with Crippen LogP contribution in [0.4, 0.5) is 11.4 Å². The van der Waals surface area contributed by atoms with Crippen LogP contribution in [0.1, 0.15) is 105 Å². The summed E-state index contributed by atoms with van der Waals surface area (Å²) in [6.07, 6.45) is 15.8. The minimum Gasteiger partial charge on any atom is -0.488 e. The fourth-order valence-electron chi connectivity index (χ4n) is 11.8. The molecule has 3 nitrogen and oxygen atoms in total. The fraction of sp³-hybridized carbons (Fsp3) is 0.824. The fourth-order valence-corrected chi connectivity index (χ4v) is 11.8. The predicted octanol–water partition coefficient (Wildman–Crippen LogP) is 8.58. The molecule has 0 aliphatic heterocycles. The van der Waals surface area contributed by atoms with Crippen molar-refractivity contribution in [1.29, 1.82) is 0 Å². The second-order valence-electron chi connectivity index (χ2n) is 15.1. The molecular weight excluding hydrogens is 452 g/mol. The van der Waals surface area contributed by atoms with Gasteiger partial charge in [-0.15, -0.1) is 0 Å². The Hall–Kier alpha value is -1.38. The van der Waals surface area contributed by atoms with Crippen LogP contribution in [0.25, 0.3) is 0 Å². The smallest absolute Gasteiger partial charge is 0.142 e. The predicted molar refractivity (Wildman–Crippen MR) is 155 cm³/mol. The zero-order valence-electron chi connectivity index (χ0n) is 24.3. The number of nitrogen functional groups attached to an aromatic ring is 2. The van der Waals surface area contributed by atoms with Crippen molar-refractivity contribution in [2.24, 2.45) is 64.1 Å². The molecule has 0 heterocycles. The maximum Gasteiger partial charge on any atom is 0.142 e. The minimum atomic E-state index is 0.306. The Labute approximate surface area is 226 Å². The summed E-state index contributed by atoms with van der Waals surface area (Å²) < 4.78 is 6.52. The van der Waals surface area contributed by atoms with E-state index < -0.39 is 0 Å². The molecule has 206 valence electrons. The van der Waals surface area contributed by atoms with Crippen molar-refractivity contribution in [2.75, 3.05) is 11.5 Å². The number of fused-ring (bicyclic) bond motifs is 2. The first kappa shape index (κ1) is 25.9. The molecule has 5 aliphatic carbocycles. The Morgan fingerprint density at radius 2 is 1.81 bits per heavy atom. The summed E-state index contributed by atoms with van der Waals surface area (Å²) >= 11 is 0. The lowest BCUT2D eigenvalue weighted by atomic mass is 9.29. The summed E-state index contributed by atoms with van der Waals surface area (Å²) in [7, 11) is 0. The molecule has 10 unspecified atom stereocenters. The molecule has 0 aromatic heterocycles. The number of benzene rings is 1. The number of nitrogens with two attached hydrogens (primary N) is 2. The molecule has 1 aromatic rings. The number of anilines is 2. The van der Waals surface area contributed by atoms with Gasteiger partial charge in [-0.1, -0.05) is 53.9 Å².